The van der Waals surface area contributed by atoms with Crippen molar-refractivity contribution in [2.24, 2.45) is 0 Å². The van der Waals surface area contributed by atoms with E-state index in [9.17, 15) is 9.59 Å². The normalized spacial score (nSPS) is 17.5. The van der Waals surface area contributed by atoms with E-state index in [-0.39, 0.29) is 11.8 Å². The van der Waals surface area contributed by atoms with E-state index in [4.69, 9.17) is 4.42 Å². The maximum Gasteiger partial charge on any atom is 0.271 e. The van der Waals surface area contributed by atoms with Crippen molar-refractivity contribution >= 4 is 11.8 Å². The molecular weight excluding hydrogens is 426 g/mol. The van der Waals surface area contributed by atoms with Crippen LogP contribution in [0, 0.1) is 6.92 Å². The predicted molar refractivity (Wildman–Crippen MR) is 130 cm³/mol. The fourth-order valence-electron chi connectivity index (χ4n) is 4.51. The van der Waals surface area contributed by atoms with Gasteiger partial charge in [0.15, 0.2) is 0 Å². The zero-order valence-electron chi connectivity index (χ0n) is 19.3. The van der Waals surface area contributed by atoms with E-state index in [1.54, 1.807) is 11.2 Å². The number of aromatic nitrogens is 1. The Balaban J connectivity index is 1.51. The lowest BCUT2D eigenvalue weighted by molar-refractivity contribution is -0.133. The summed E-state index contributed by atoms with van der Waals surface area (Å²) in [5.41, 5.74) is 3.37. The molecule has 172 valence electrons. The number of nitrogens with one attached hydrogen (secondary N) is 1. The summed E-state index contributed by atoms with van der Waals surface area (Å²) in [6.07, 6.45) is 1.61. The van der Waals surface area contributed by atoms with Gasteiger partial charge in [-0.3, -0.25) is 9.59 Å². The number of carbonyl (C=O) groups excluding carboxylic acids is 2. The molecule has 1 atom stereocenters. The molecule has 0 aliphatic carbocycles. The fourth-order valence-corrected chi connectivity index (χ4v) is 4.51. The SMILES string of the molecule is Cc1ccc(CN2C(=O)c3ccc(-c4ccco4)n3C[C@@]2(C)C(=O)NCc2ccccc2)cc1. The number of carbonyl (C=O) groups is 2. The van der Waals surface area contributed by atoms with Crippen molar-refractivity contribution < 1.29 is 14.0 Å². The maximum atomic E-state index is 13.8. The van der Waals surface area contributed by atoms with Gasteiger partial charge in [-0.25, -0.2) is 0 Å². The molecule has 2 aromatic heterocycles. The summed E-state index contributed by atoms with van der Waals surface area (Å²) in [6, 6.07) is 25.2. The van der Waals surface area contributed by atoms with Crippen LogP contribution in [0.15, 0.2) is 89.5 Å². The predicted octanol–water partition coefficient (Wildman–Crippen LogP) is 4.79. The molecule has 0 saturated heterocycles. The van der Waals surface area contributed by atoms with Crippen LogP contribution in [0.3, 0.4) is 0 Å². The van der Waals surface area contributed by atoms with Crippen LogP contribution in [0.2, 0.25) is 0 Å². The van der Waals surface area contributed by atoms with Crippen molar-refractivity contribution in [3.8, 4) is 11.5 Å². The summed E-state index contributed by atoms with van der Waals surface area (Å²) >= 11 is 0. The second-order valence-electron chi connectivity index (χ2n) is 8.99. The molecule has 2 amide bonds. The van der Waals surface area contributed by atoms with Gasteiger partial charge in [-0.1, -0.05) is 60.2 Å². The molecule has 4 aromatic rings. The van der Waals surface area contributed by atoms with E-state index in [2.05, 4.69) is 5.32 Å². The molecule has 0 fully saturated rings. The van der Waals surface area contributed by atoms with Gasteiger partial charge < -0.3 is 19.2 Å². The highest BCUT2D eigenvalue weighted by molar-refractivity contribution is 6.00. The van der Waals surface area contributed by atoms with E-state index in [1.165, 1.54) is 0 Å². The zero-order chi connectivity index (χ0) is 23.7. The molecule has 6 heteroatoms. The molecule has 34 heavy (non-hydrogen) atoms. The van der Waals surface area contributed by atoms with Crippen LogP contribution >= 0.6 is 0 Å². The van der Waals surface area contributed by atoms with Crippen molar-refractivity contribution in [3.05, 3.63) is 108 Å². The van der Waals surface area contributed by atoms with Gasteiger partial charge in [-0.05, 0) is 49.2 Å². The number of amides is 2. The van der Waals surface area contributed by atoms with Crippen LogP contribution in [0.5, 0.6) is 0 Å². The van der Waals surface area contributed by atoms with Crippen LogP contribution in [0.4, 0.5) is 0 Å². The first-order chi connectivity index (χ1) is 16.5. The van der Waals surface area contributed by atoms with Crippen molar-refractivity contribution in [1.29, 1.82) is 0 Å². The summed E-state index contributed by atoms with van der Waals surface area (Å²) in [4.78, 5) is 29.1. The van der Waals surface area contributed by atoms with E-state index in [1.807, 2.05) is 97.3 Å². The lowest BCUT2D eigenvalue weighted by atomic mass is 9.93. The average molecular weight is 454 g/mol. The molecule has 0 spiro atoms. The third kappa shape index (κ3) is 3.92. The van der Waals surface area contributed by atoms with Crippen LogP contribution in [-0.4, -0.2) is 26.8 Å². The lowest BCUT2D eigenvalue weighted by Crippen LogP contribution is -2.63. The highest BCUT2D eigenvalue weighted by atomic mass is 16.3. The second kappa shape index (κ2) is 8.71. The van der Waals surface area contributed by atoms with Gasteiger partial charge in [0.2, 0.25) is 5.91 Å². The Labute approximate surface area is 198 Å². The molecule has 0 saturated carbocycles. The van der Waals surface area contributed by atoms with E-state index >= 15 is 0 Å². The summed E-state index contributed by atoms with van der Waals surface area (Å²) in [5.74, 6) is 0.293. The summed E-state index contributed by atoms with van der Waals surface area (Å²) in [5, 5.41) is 3.06. The molecule has 2 aromatic carbocycles. The standard InChI is InChI=1S/C28H27N3O3/c1-20-10-12-22(13-11-20)18-31-26(32)24-15-14-23(25-9-6-16-34-25)30(24)19-28(31,2)27(33)29-17-21-7-4-3-5-8-21/h3-16H,17-19H2,1-2H3,(H,29,33)/t28-/m0/s1. The molecule has 3 heterocycles. The fraction of sp³-hybridized carbons (Fsp3) is 0.214. The van der Waals surface area contributed by atoms with Gasteiger partial charge in [0.1, 0.15) is 17.0 Å². The largest absolute Gasteiger partial charge is 0.463 e. The first kappa shape index (κ1) is 21.8. The molecule has 0 radical (unpaired) electrons. The summed E-state index contributed by atoms with van der Waals surface area (Å²) in [7, 11) is 0. The molecule has 1 aliphatic rings. The summed E-state index contributed by atoms with van der Waals surface area (Å²) in [6.45, 7) is 4.93. The molecule has 1 aliphatic heterocycles. The number of fused-ring (bicyclic) bond motifs is 1. The van der Waals surface area contributed by atoms with E-state index in [0.717, 1.165) is 22.4 Å². The third-order valence-corrected chi connectivity index (χ3v) is 6.53. The Hall–Kier alpha value is -4.06. The smallest absolute Gasteiger partial charge is 0.271 e. The number of hydrogen-bond acceptors (Lipinski definition) is 3. The molecule has 6 nitrogen and oxygen atoms in total. The number of rotatable bonds is 6. The topological polar surface area (TPSA) is 67.5 Å². The minimum atomic E-state index is -1.09. The number of furan rings is 1. The number of aryl methyl sites for hydroxylation is 1. The van der Waals surface area contributed by atoms with Crippen LogP contribution in [-0.2, 0) is 24.4 Å². The number of benzene rings is 2. The van der Waals surface area contributed by atoms with E-state index in [0.29, 0.717) is 31.1 Å². The second-order valence-corrected chi connectivity index (χ2v) is 8.99. The Morgan fingerprint density at radius 1 is 0.941 bits per heavy atom. The van der Waals surface area contributed by atoms with Crippen molar-refractivity contribution in [1.82, 2.24) is 14.8 Å². The molecular formula is C28H27N3O3. The Kier molecular flexibility index (Phi) is 5.57. The Morgan fingerprint density at radius 3 is 2.38 bits per heavy atom. The van der Waals surface area contributed by atoms with Gasteiger partial charge in [0.05, 0.1) is 18.5 Å². The van der Waals surface area contributed by atoms with Gasteiger partial charge in [-0.2, -0.15) is 0 Å². The Morgan fingerprint density at radius 2 is 1.68 bits per heavy atom. The van der Waals surface area contributed by atoms with Crippen molar-refractivity contribution in [2.75, 3.05) is 0 Å². The third-order valence-electron chi connectivity index (χ3n) is 6.53. The lowest BCUT2D eigenvalue weighted by Gasteiger charge is -2.44. The average Bonchev–Trinajstić information content (AvgIpc) is 3.52. The van der Waals surface area contributed by atoms with Crippen molar-refractivity contribution in [3.63, 3.8) is 0 Å². The number of hydrogen-bond donors (Lipinski definition) is 1. The molecule has 0 unspecified atom stereocenters. The van der Waals surface area contributed by atoms with Gasteiger partial charge in [0.25, 0.3) is 5.91 Å². The number of nitrogens with zero attached hydrogens (tertiary/aromatic N) is 2. The minimum Gasteiger partial charge on any atom is -0.463 e. The quantitative estimate of drug-likeness (QED) is 0.457. The summed E-state index contributed by atoms with van der Waals surface area (Å²) < 4.78 is 7.50. The molecule has 5 rings (SSSR count). The Bertz CT molecular complexity index is 1310. The monoisotopic (exact) mass is 453 g/mol. The highest BCUT2D eigenvalue weighted by Gasteiger charge is 2.47. The maximum absolute atomic E-state index is 13.8. The van der Waals surface area contributed by atoms with E-state index < -0.39 is 5.54 Å². The minimum absolute atomic E-state index is 0.179. The highest BCUT2D eigenvalue weighted by Crippen LogP contribution is 2.34. The van der Waals surface area contributed by atoms with Gasteiger partial charge in [-0.15, -0.1) is 0 Å². The first-order valence-corrected chi connectivity index (χ1v) is 11.4. The van der Waals surface area contributed by atoms with Crippen molar-refractivity contribution in [2.45, 2.75) is 39.0 Å². The van der Waals surface area contributed by atoms with Crippen LogP contribution in [0.25, 0.3) is 11.5 Å². The first-order valence-electron chi connectivity index (χ1n) is 11.4. The van der Waals surface area contributed by atoms with Crippen LogP contribution in [0.1, 0.15) is 34.1 Å². The zero-order valence-corrected chi connectivity index (χ0v) is 19.3. The van der Waals surface area contributed by atoms with Crippen LogP contribution < -0.4 is 5.32 Å². The molecule has 0 bridgehead atoms. The van der Waals surface area contributed by atoms with Gasteiger partial charge >= 0.3 is 0 Å². The van der Waals surface area contributed by atoms with Gasteiger partial charge in [0, 0.05) is 13.1 Å². The molecule has 1 N–H and O–H groups in total.